The van der Waals surface area contributed by atoms with E-state index in [9.17, 15) is 14.0 Å². The lowest BCUT2D eigenvalue weighted by Gasteiger charge is -2.40. The number of rotatable bonds is 5. The lowest BCUT2D eigenvalue weighted by molar-refractivity contribution is -0.131. The molecule has 3 amide bonds. The van der Waals surface area contributed by atoms with Crippen molar-refractivity contribution >= 4 is 17.6 Å². The molecule has 1 unspecified atom stereocenters. The number of nitrogens with one attached hydrogen (secondary N) is 1. The molecule has 0 saturated carbocycles. The summed E-state index contributed by atoms with van der Waals surface area (Å²) in [5, 5.41) is 2.54. The Morgan fingerprint density at radius 1 is 1.43 bits per heavy atom. The van der Waals surface area contributed by atoms with Gasteiger partial charge in [-0.2, -0.15) is 0 Å². The molecule has 3 N–H and O–H groups in total. The number of primary amides is 1. The second-order valence-corrected chi connectivity index (χ2v) is 5.82. The highest BCUT2D eigenvalue weighted by atomic mass is 19.1. The topological polar surface area (TPSA) is 84.7 Å². The van der Waals surface area contributed by atoms with E-state index in [1.807, 2.05) is 0 Å². The van der Waals surface area contributed by atoms with Gasteiger partial charge in [0.15, 0.2) is 0 Å². The van der Waals surface area contributed by atoms with Gasteiger partial charge in [-0.25, -0.2) is 9.18 Å². The van der Waals surface area contributed by atoms with Crippen molar-refractivity contribution in [3.05, 3.63) is 30.1 Å². The van der Waals surface area contributed by atoms with Crippen molar-refractivity contribution in [3.8, 4) is 0 Å². The standard InChI is InChI=1S/C16H22FN3O3/c1-23-10-8-16(14(18)21)7-4-9-20(11-16)15(22)19-13-6-3-2-5-12(13)17/h2-3,5-6H,4,7-11H2,1H3,(H2,18,21)(H,19,22). The van der Waals surface area contributed by atoms with E-state index in [0.29, 0.717) is 32.4 Å². The average Bonchev–Trinajstić information content (AvgIpc) is 2.55. The number of nitrogens with zero attached hydrogens (tertiary/aromatic N) is 1. The first-order valence-electron chi connectivity index (χ1n) is 7.58. The fourth-order valence-corrected chi connectivity index (χ4v) is 2.89. The number of anilines is 1. The molecular weight excluding hydrogens is 301 g/mol. The third-order valence-corrected chi connectivity index (χ3v) is 4.29. The lowest BCUT2D eigenvalue weighted by atomic mass is 9.76. The lowest BCUT2D eigenvalue weighted by Crippen LogP contribution is -2.53. The molecule has 1 atom stereocenters. The molecular formula is C16H22FN3O3. The first-order chi connectivity index (χ1) is 11.0. The van der Waals surface area contributed by atoms with Crippen LogP contribution in [0.3, 0.4) is 0 Å². The highest BCUT2D eigenvalue weighted by Crippen LogP contribution is 2.33. The third-order valence-electron chi connectivity index (χ3n) is 4.29. The van der Waals surface area contributed by atoms with E-state index < -0.39 is 23.2 Å². The Kier molecular flexibility index (Phi) is 5.54. The second kappa shape index (κ2) is 7.41. The number of methoxy groups -OCH3 is 1. The highest BCUT2D eigenvalue weighted by molar-refractivity contribution is 5.90. The summed E-state index contributed by atoms with van der Waals surface area (Å²) in [5.41, 5.74) is 4.89. The van der Waals surface area contributed by atoms with Crippen molar-refractivity contribution in [1.29, 1.82) is 0 Å². The van der Waals surface area contributed by atoms with Gasteiger partial charge in [-0.15, -0.1) is 0 Å². The van der Waals surface area contributed by atoms with Crippen LogP contribution in [0.4, 0.5) is 14.9 Å². The van der Waals surface area contributed by atoms with Crippen LogP contribution in [0.15, 0.2) is 24.3 Å². The Hall–Kier alpha value is -2.15. The molecule has 126 valence electrons. The molecule has 1 fully saturated rings. The van der Waals surface area contributed by atoms with Gasteiger partial charge in [0.25, 0.3) is 0 Å². The Morgan fingerprint density at radius 2 is 2.17 bits per heavy atom. The Morgan fingerprint density at radius 3 is 2.83 bits per heavy atom. The van der Waals surface area contributed by atoms with E-state index >= 15 is 0 Å². The second-order valence-electron chi connectivity index (χ2n) is 5.82. The van der Waals surface area contributed by atoms with Crippen molar-refractivity contribution in [2.75, 3.05) is 32.1 Å². The van der Waals surface area contributed by atoms with Crippen LogP contribution >= 0.6 is 0 Å². The molecule has 1 heterocycles. The summed E-state index contributed by atoms with van der Waals surface area (Å²) in [4.78, 5) is 25.8. The van der Waals surface area contributed by atoms with Gasteiger partial charge in [-0.3, -0.25) is 4.79 Å². The number of piperidine rings is 1. The van der Waals surface area contributed by atoms with Crippen LogP contribution in [0.5, 0.6) is 0 Å². The van der Waals surface area contributed by atoms with Crippen LogP contribution in [0.2, 0.25) is 0 Å². The molecule has 7 heteroatoms. The van der Waals surface area contributed by atoms with Crippen LogP contribution in [0.1, 0.15) is 19.3 Å². The van der Waals surface area contributed by atoms with Gasteiger partial charge in [0.1, 0.15) is 5.82 Å². The number of nitrogens with two attached hydrogens (primary N) is 1. The maximum atomic E-state index is 13.6. The van der Waals surface area contributed by atoms with Crippen molar-refractivity contribution in [2.45, 2.75) is 19.3 Å². The van der Waals surface area contributed by atoms with E-state index in [4.69, 9.17) is 10.5 Å². The number of likely N-dealkylation sites (tertiary alicyclic amines) is 1. The minimum Gasteiger partial charge on any atom is -0.385 e. The van der Waals surface area contributed by atoms with Crippen LogP contribution < -0.4 is 11.1 Å². The molecule has 1 saturated heterocycles. The summed E-state index contributed by atoms with van der Waals surface area (Å²) in [6.45, 7) is 1.11. The summed E-state index contributed by atoms with van der Waals surface area (Å²) >= 11 is 0. The quantitative estimate of drug-likeness (QED) is 0.868. The zero-order valence-electron chi connectivity index (χ0n) is 13.2. The zero-order valence-corrected chi connectivity index (χ0v) is 13.2. The van der Waals surface area contributed by atoms with Gasteiger partial charge in [0, 0.05) is 26.8 Å². The monoisotopic (exact) mass is 323 g/mol. The molecule has 1 aromatic carbocycles. The van der Waals surface area contributed by atoms with E-state index in [1.165, 1.54) is 17.0 Å². The maximum Gasteiger partial charge on any atom is 0.321 e. The van der Waals surface area contributed by atoms with Crippen molar-refractivity contribution in [3.63, 3.8) is 0 Å². The molecule has 0 bridgehead atoms. The number of para-hydroxylation sites is 1. The zero-order chi connectivity index (χ0) is 16.9. The maximum absolute atomic E-state index is 13.6. The van der Waals surface area contributed by atoms with E-state index in [0.717, 1.165) is 0 Å². The Balaban J connectivity index is 2.08. The minimum atomic E-state index is -0.791. The van der Waals surface area contributed by atoms with Crippen molar-refractivity contribution in [2.24, 2.45) is 11.1 Å². The van der Waals surface area contributed by atoms with Gasteiger partial charge in [-0.1, -0.05) is 12.1 Å². The first-order valence-corrected chi connectivity index (χ1v) is 7.58. The van der Waals surface area contributed by atoms with E-state index in [-0.39, 0.29) is 12.2 Å². The summed E-state index contributed by atoms with van der Waals surface area (Å²) in [5.74, 6) is -0.934. The number of carbonyl (C=O) groups is 2. The molecule has 6 nitrogen and oxygen atoms in total. The summed E-state index contributed by atoms with van der Waals surface area (Å²) in [7, 11) is 1.56. The van der Waals surface area contributed by atoms with Crippen LogP contribution in [-0.2, 0) is 9.53 Å². The summed E-state index contributed by atoms with van der Waals surface area (Å²) in [6, 6.07) is 5.52. The summed E-state index contributed by atoms with van der Waals surface area (Å²) in [6.07, 6.45) is 1.74. The number of benzene rings is 1. The largest absolute Gasteiger partial charge is 0.385 e. The normalized spacial score (nSPS) is 21.0. The van der Waals surface area contributed by atoms with Crippen LogP contribution in [-0.4, -0.2) is 43.6 Å². The molecule has 1 aliphatic rings. The molecule has 0 radical (unpaired) electrons. The first kappa shape index (κ1) is 17.2. The van der Waals surface area contributed by atoms with Gasteiger partial charge < -0.3 is 20.7 Å². The Bertz CT molecular complexity index is 581. The molecule has 1 aromatic rings. The molecule has 1 aliphatic heterocycles. The number of hydrogen-bond donors (Lipinski definition) is 2. The molecule has 2 rings (SSSR count). The van der Waals surface area contributed by atoms with Crippen molar-refractivity contribution in [1.82, 2.24) is 4.90 Å². The number of halogens is 1. The minimum absolute atomic E-state index is 0.115. The average molecular weight is 323 g/mol. The van der Waals surface area contributed by atoms with E-state index in [2.05, 4.69) is 5.32 Å². The predicted molar refractivity (Wildman–Crippen MR) is 84.3 cm³/mol. The number of carbonyl (C=O) groups excluding carboxylic acids is 2. The van der Waals surface area contributed by atoms with Gasteiger partial charge in [-0.05, 0) is 31.4 Å². The molecule has 23 heavy (non-hydrogen) atoms. The number of ether oxygens (including phenoxy) is 1. The number of amides is 3. The fraction of sp³-hybridized carbons (Fsp3) is 0.500. The molecule has 0 spiro atoms. The van der Waals surface area contributed by atoms with E-state index in [1.54, 1.807) is 19.2 Å². The van der Waals surface area contributed by atoms with Crippen LogP contribution in [0.25, 0.3) is 0 Å². The Labute approximate surface area is 134 Å². The molecule has 0 aliphatic carbocycles. The number of hydrogen-bond acceptors (Lipinski definition) is 3. The fourth-order valence-electron chi connectivity index (χ4n) is 2.89. The summed E-state index contributed by atoms with van der Waals surface area (Å²) < 4.78 is 18.7. The van der Waals surface area contributed by atoms with Gasteiger partial charge >= 0.3 is 6.03 Å². The van der Waals surface area contributed by atoms with Crippen molar-refractivity contribution < 1.29 is 18.7 Å². The third kappa shape index (κ3) is 3.98. The smallest absolute Gasteiger partial charge is 0.321 e. The number of urea groups is 1. The molecule has 0 aromatic heterocycles. The van der Waals surface area contributed by atoms with Gasteiger partial charge in [0.05, 0.1) is 11.1 Å². The van der Waals surface area contributed by atoms with Crippen LogP contribution in [0, 0.1) is 11.2 Å². The highest BCUT2D eigenvalue weighted by Gasteiger charge is 2.41. The SMILES string of the molecule is COCCC1(C(N)=O)CCCN(C(=O)Nc2ccccc2F)C1. The van der Waals surface area contributed by atoms with Gasteiger partial charge in [0.2, 0.25) is 5.91 Å². The predicted octanol–water partition coefficient (Wildman–Crippen LogP) is 1.96.